The summed E-state index contributed by atoms with van der Waals surface area (Å²) in [6.07, 6.45) is 0.717. The van der Waals surface area contributed by atoms with Gasteiger partial charge in [0, 0.05) is 11.7 Å². The van der Waals surface area contributed by atoms with Crippen molar-refractivity contribution in [3.8, 4) is 0 Å². The van der Waals surface area contributed by atoms with Crippen molar-refractivity contribution < 1.29 is 4.79 Å². The van der Waals surface area contributed by atoms with E-state index in [9.17, 15) is 4.79 Å². The van der Waals surface area contributed by atoms with Crippen molar-refractivity contribution in [1.82, 2.24) is 0 Å². The number of benzene rings is 1. The molecule has 1 aromatic carbocycles. The summed E-state index contributed by atoms with van der Waals surface area (Å²) in [5.74, 6) is 1.08. The van der Waals surface area contributed by atoms with Crippen molar-refractivity contribution in [2.24, 2.45) is 0 Å². The Kier molecular flexibility index (Phi) is 2.17. The third kappa shape index (κ3) is 1.53. The Hall–Kier alpha value is -0.760. The maximum Gasteiger partial charge on any atom is 0.144 e. The first-order chi connectivity index (χ1) is 5.86. The van der Waals surface area contributed by atoms with E-state index in [2.05, 4.69) is 12.1 Å². The zero-order valence-corrected chi connectivity index (χ0v) is 7.51. The summed E-state index contributed by atoms with van der Waals surface area (Å²) in [5.41, 5.74) is 1.29. The number of Topliss-reactive ketones (excluding diaryl/α,β-unsaturated/α-hetero) is 1. The quantitative estimate of drug-likeness (QED) is 0.657. The minimum Gasteiger partial charge on any atom is -0.299 e. The standard InChI is InChI=1S/C10H10OS/c11-9-6-10(12-7-9)8-4-2-1-3-5-8/h1-5,10H,6-7H2. The van der Waals surface area contributed by atoms with Crippen LogP contribution in [0.2, 0.25) is 0 Å². The van der Waals surface area contributed by atoms with Crippen LogP contribution in [0.1, 0.15) is 17.2 Å². The third-order valence-electron chi connectivity index (χ3n) is 2.03. The average molecular weight is 178 g/mol. The SMILES string of the molecule is O=C1CSC(c2ccccc2)C1. The number of thioether (sulfide) groups is 1. The first-order valence-electron chi connectivity index (χ1n) is 4.04. The highest BCUT2D eigenvalue weighted by molar-refractivity contribution is 8.00. The van der Waals surface area contributed by atoms with Crippen LogP contribution in [0.15, 0.2) is 30.3 Å². The molecule has 1 heterocycles. The molecule has 1 atom stereocenters. The fraction of sp³-hybridized carbons (Fsp3) is 0.300. The molecule has 0 spiro atoms. The van der Waals surface area contributed by atoms with Gasteiger partial charge < -0.3 is 0 Å². The molecular weight excluding hydrogens is 168 g/mol. The summed E-state index contributed by atoms with van der Waals surface area (Å²) in [4.78, 5) is 11.0. The molecule has 62 valence electrons. The molecule has 1 aliphatic heterocycles. The van der Waals surface area contributed by atoms with Gasteiger partial charge in [0.1, 0.15) is 5.78 Å². The maximum absolute atomic E-state index is 11.0. The van der Waals surface area contributed by atoms with E-state index in [4.69, 9.17) is 0 Å². The third-order valence-corrected chi connectivity index (χ3v) is 3.36. The van der Waals surface area contributed by atoms with E-state index in [-0.39, 0.29) is 0 Å². The van der Waals surface area contributed by atoms with Gasteiger partial charge in [-0.1, -0.05) is 30.3 Å². The van der Waals surface area contributed by atoms with E-state index in [1.54, 1.807) is 11.8 Å². The number of ketones is 1. The second-order valence-corrected chi connectivity index (χ2v) is 4.14. The predicted molar refractivity (Wildman–Crippen MR) is 51.3 cm³/mol. The minimum atomic E-state index is 0.383. The fourth-order valence-corrected chi connectivity index (χ4v) is 2.56. The van der Waals surface area contributed by atoms with Crippen LogP contribution in [0.25, 0.3) is 0 Å². The highest BCUT2D eigenvalue weighted by Crippen LogP contribution is 2.37. The monoisotopic (exact) mass is 178 g/mol. The van der Waals surface area contributed by atoms with Crippen LogP contribution in [-0.4, -0.2) is 11.5 Å². The number of carbonyl (C=O) groups excluding carboxylic acids is 1. The number of hydrogen-bond acceptors (Lipinski definition) is 2. The second kappa shape index (κ2) is 3.31. The molecule has 0 bridgehead atoms. The van der Waals surface area contributed by atoms with Gasteiger partial charge in [-0.25, -0.2) is 0 Å². The van der Waals surface area contributed by atoms with Crippen LogP contribution in [0, 0.1) is 0 Å². The van der Waals surface area contributed by atoms with E-state index in [1.165, 1.54) is 5.56 Å². The first-order valence-corrected chi connectivity index (χ1v) is 5.09. The van der Waals surface area contributed by atoms with E-state index >= 15 is 0 Å². The average Bonchev–Trinajstić information content (AvgIpc) is 2.54. The summed E-state index contributed by atoms with van der Waals surface area (Å²) < 4.78 is 0. The van der Waals surface area contributed by atoms with Crippen molar-refractivity contribution in [3.05, 3.63) is 35.9 Å². The molecule has 0 aliphatic carbocycles. The molecule has 1 aromatic rings. The lowest BCUT2D eigenvalue weighted by atomic mass is 10.1. The molecule has 2 heteroatoms. The number of rotatable bonds is 1. The molecule has 1 fully saturated rings. The summed E-state index contributed by atoms with van der Waals surface area (Å²) in [5, 5.41) is 0.415. The lowest BCUT2D eigenvalue weighted by Gasteiger charge is -2.05. The van der Waals surface area contributed by atoms with Crippen LogP contribution in [0.3, 0.4) is 0 Å². The van der Waals surface area contributed by atoms with E-state index in [0.29, 0.717) is 23.2 Å². The lowest BCUT2D eigenvalue weighted by molar-refractivity contribution is -0.116. The molecule has 0 aromatic heterocycles. The smallest absolute Gasteiger partial charge is 0.144 e. The van der Waals surface area contributed by atoms with E-state index in [0.717, 1.165) is 0 Å². The summed E-state index contributed by atoms with van der Waals surface area (Å²) in [7, 11) is 0. The Balaban J connectivity index is 2.16. The normalized spacial score (nSPS) is 23.0. The molecule has 2 rings (SSSR count). The summed E-state index contributed by atoms with van der Waals surface area (Å²) in [6.45, 7) is 0. The van der Waals surface area contributed by atoms with Crippen LogP contribution in [-0.2, 0) is 4.79 Å². The van der Waals surface area contributed by atoms with Crippen LogP contribution >= 0.6 is 11.8 Å². The summed E-state index contributed by atoms with van der Waals surface area (Å²) in [6, 6.07) is 10.2. The minimum absolute atomic E-state index is 0.383. The van der Waals surface area contributed by atoms with Crippen molar-refractivity contribution in [1.29, 1.82) is 0 Å². The molecule has 0 N–H and O–H groups in total. The van der Waals surface area contributed by atoms with Crippen molar-refractivity contribution in [2.45, 2.75) is 11.7 Å². The van der Waals surface area contributed by atoms with Gasteiger partial charge in [-0.2, -0.15) is 0 Å². The molecule has 1 aliphatic rings. The molecule has 0 radical (unpaired) electrons. The van der Waals surface area contributed by atoms with Crippen LogP contribution < -0.4 is 0 Å². The first kappa shape index (κ1) is 7.87. The highest BCUT2D eigenvalue weighted by atomic mass is 32.2. The van der Waals surface area contributed by atoms with Gasteiger partial charge in [0.25, 0.3) is 0 Å². The molecular formula is C10H10OS. The van der Waals surface area contributed by atoms with Gasteiger partial charge in [-0.05, 0) is 5.56 Å². The van der Waals surface area contributed by atoms with Gasteiger partial charge in [0.2, 0.25) is 0 Å². The molecule has 1 nitrogen and oxygen atoms in total. The Labute approximate surface area is 76.2 Å². The zero-order chi connectivity index (χ0) is 8.39. The highest BCUT2D eigenvalue weighted by Gasteiger charge is 2.23. The number of carbonyl (C=O) groups is 1. The summed E-state index contributed by atoms with van der Waals surface area (Å²) >= 11 is 1.75. The Morgan fingerprint density at radius 3 is 2.58 bits per heavy atom. The molecule has 1 unspecified atom stereocenters. The van der Waals surface area contributed by atoms with Crippen molar-refractivity contribution >= 4 is 17.5 Å². The fourth-order valence-electron chi connectivity index (χ4n) is 1.40. The van der Waals surface area contributed by atoms with E-state index in [1.807, 2.05) is 18.2 Å². The van der Waals surface area contributed by atoms with Crippen LogP contribution in [0.4, 0.5) is 0 Å². The van der Waals surface area contributed by atoms with Gasteiger partial charge in [0.15, 0.2) is 0 Å². The van der Waals surface area contributed by atoms with Crippen molar-refractivity contribution in [3.63, 3.8) is 0 Å². The van der Waals surface area contributed by atoms with Crippen LogP contribution in [0.5, 0.6) is 0 Å². The maximum atomic E-state index is 11.0. The number of hydrogen-bond donors (Lipinski definition) is 0. The Morgan fingerprint density at radius 1 is 1.25 bits per heavy atom. The Morgan fingerprint density at radius 2 is 2.00 bits per heavy atom. The topological polar surface area (TPSA) is 17.1 Å². The van der Waals surface area contributed by atoms with Gasteiger partial charge in [-0.3, -0.25) is 4.79 Å². The van der Waals surface area contributed by atoms with Gasteiger partial charge in [0.05, 0.1) is 5.75 Å². The van der Waals surface area contributed by atoms with E-state index < -0.39 is 0 Å². The molecule has 0 amide bonds. The Bertz CT molecular complexity index is 281. The predicted octanol–water partition coefficient (Wildman–Crippen LogP) is 2.43. The molecule has 1 saturated heterocycles. The largest absolute Gasteiger partial charge is 0.299 e. The van der Waals surface area contributed by atoms with Crippen molar-refractivity contribution in [2.75, 3.05) is 5.75 Å². The second-order valence-electron chi connectivity index (χ2n) is 2.95. The van der Waals surface area contributed by atoms with Gasteiger partial charge >= 0.3 is 0 Å². The lowest BCUT2D eigenvalue weighted by Crippen LogP contribution is -1.93. The zero-order valence-electron chi connectivity index (χ0n) is 6.69. The molecule has 12 heavy (non-hydrogen) atoms. The van der Waals surface area contributed by atoms with Gasteiger partial charge in [-0.15, -0.1) is 11.8 Å². The molecule has 0 saturated carbocycles.